The van der Waals surface area contributed by atoms with Crippen LogP contribution in [0.1, 0.15) is 37.4 Å². The zero-order chi connectivity index (χ0) is 15.2. The fraction of sp³-hybridized carbons (Fsp3) is 0.250. The summed E-state index contributed by atoms with van der Waals surface area (Å²) in [4.78, 5) is 24.7. The first-order valence-electron chi connectivity index (χ1n) is 6.79. The molecule has 0 aliphatic heterocycles. The molecule has 0 fully saturated rings. The summed E-state index contributed by atoms with van der Waals surface area (Å²) in [5.41, 5.74) is 1.17. The summed E-state index contributed by atoms with van der Waals surface area (Å²) in [7, 11) is 0. The molecule has 0 atom stereocenters. The van der Waals surface area contributed by atoms with E-state index in [0.29, 0.717) is 17.8 Å². The maximum Gasteiger partial charge on any atom is 0.335 e. The van der Waals surface area contributed by atoms with Crippen LogP contribution in [0.25, 0.3) is 0 Å². The predicted octanol–water partition coefficient (Wildman–Crippen LogP) is 2.98. The average Bonchev–Trinajstić information content (AvgIpc) is 2.96. The molecule has 0 aliphatic rings. The van der Waals surface area contributed by atoms with Crippen LogP contribution in [0.3, 0.4) is 0 Å². The minimum Gasteiger partial charge on any atom is -0.478 e. The van der Waals surface area contributed by atoms with Crippen molar-refractivity contribution in [3.05, 3.63) is 57.3 Å². The largest absolute Gasteiger partial charge is 0.478 e. The fourth-order valence-electron chi connectivity index (χ4n) is 1.96. The molecule has 2 aromatic rings. The van der Waals surface area contributed by atoms with E-state index in [1.54, 1.807) is 18.2 Å². The van der Waals surface area contributed by atoms with Gasteiger partial charge in [0.1, 0.15) is 0 Å². The Balaban J connectivity index is 1.87. The highest BCUT2D eigenvalue weighted by molar-refractivity contribution is 7.14. The van der Waals surface area contributed by atoms with Gasteiger partial charge < -0.3 is 10.4 Å². The first kappa shape index (κ1) is 15.3. The number of carboxylic acids is 1. The number of hydrogen-bond acceptors (Lipinski definition) is 3. The van der Waals surface area contributed by atoms with Gasteiger partial charge in [-0.3, -0.25) is 4.79 Å². The summed E-state index contributed by atoms with van der Waals surface area (Å²) >= 11 is 1.50. The number of hydrogen-bond donors (Lipinski definition) is 2. The van der Waals surface area contributed by atoms with Crippen LogP contribution < -0.4 is 5.32 Å². The summed E-state index contributed by atoms with van der Waals surface area (Å²) in [5, 5.41) is 11.8. The van der Waals surface area contributed by atoms with E-state index >= 15 is 0 Å². The normalized spacial score (nSPS) is 10.3. The Bertz CT molecular complexity index is 648. The zero-order valence-electron chi connectivity index (χ0n) is 11.8. The lowest BCUT2D eigenvalue weighted by Gasteiger charge is -2.05. The van der Waals surface area contributed by atoms with Crippen LogP contribution in [0, 0.1) is 0 Å². The quantitative estimate of drug-likeness (QED) is 0.862. The van der Waals surface area contributed by atoms with E-state index in [-0.39, 0.29) is 11.5 Å². The second kappa shape index (κ2) is 7.04. The number of thiophene rings is 1. The Morgan fingerprint density at radius 2 is 2.05 bits per heavy atom. The number of nitrogens with one attached hydrogen (secondary N) is 1. The topological polar surface area (TPSA) is 66.4 Å². The minimum atomic E-state index is -0.938. The first-order chi connectivity index (χ1) is 10.1. The van der Waals surface area contributed by atoms with E-state index in [4.69, 9.17) is 5.11 Å². The lowest BCUT2D eigenvalue weighted by Crippen LogP contribution is -2.24. The van der Waals surface area contributed by atoms with E-state index < -0.39 is 5.97 Å². The highest BCUT2D eigenvalue weighted by Crippen LogP contribution is 2.16. The Labute approximate surface area is 127 Å². The molecule has 1 aromatic heterocycles. The molecule has 0 aliphatic carbocycles. The summed E-state index contributed by atoms with van der Waals surface area (Å²) in [6.45, 7) is 2.55. The molecule has 0 saturated heterocycles. The molecule has 2 rings (SSSR count). The lowest BCUT2D eigenvalue weighted by molar-refractivity contribution is 0.0696. The van der Waals surface area contributed by atoms with E-state index in [1.807, 2.05) is 18.2 Å². The van der Waals surface area contributed by atoms with Gasteiger partial charge in [-0.05, 0) is 42.7 Å². The molecule has 110 valence electrons. The molecule has 1 aromatic carbocycles. The van der Waals surface area contributed by atoms with Crippen molar-refractivity contribution in [1.29, 1.82) is 0 Å². The van der Waals surface area contributed by atoms with E-state index in [0.717, 1.165) is 12.0 Å². The Kier molecular flexibility index (Phi) is 5.11. The van der Waals surface area contributed by atoms with Crippen molar-refractivity contribution in [3.8, 4) is 0 Å². The minimum absolute atomic E-state index is 0.0749. The van der Waals surface area contributed by atoms with Crippen molar-refractivity contribution in [2.45, 2.75) is 19.8 Å². The molecule has 1 amide bonds. The molecule has 5 heteroatoms. The summed E-state index contributed by atoms with van der Waals surface area (Å²) in [6.07, 6.45) is 1.54. The van der Waals surface area contributed by atoms with Crippen molar-refractivity contribution in [2.75, 3.05) is 6.54 Å². The van der Waals surface area contributed by atoms with Crippen molar-refractivity contribution < 1.29 is 14.7 Å². The molecular formula is C16H17NO3S. The van der Waals surface area contributed by atoms with E-state index in [2.05, 4.69) is 12.2 Å². The van der Waals surface area contributed by atoms with Gasteiger partial charge in [0.15, 0.2) is 0 Å². The second-order valence-electron chi connectivity index (χ2n) is 4.63. The monoisotopic (exact) mass is 303 g/mol. The first-order valence-corrected chi connectivity index (χ1v) is 7.61. The number of aryl methyl sites for hydroxylation is 1. The molecule has 0 saturated carbocycles. The van der Waals surface area contributed by atoms with Gasteiger partial charge in [-0.15, -0.1) is 11.3 Å². The Morgan fingerprint density at radius 1 is 1.24 bits per heavy atom. The summed E-state index contributed by atoms with van der Waals surface area (Å²) in [6, 6.07) is 10.6. The second-order valence-corrected chi connectivity index (χ2v) is 5.80. The lowest BCUT2D eigenvalue weighted by atomic mass is 10.1. The van der Waals surface area contributed by atoms with Gasteiger partial charge in [-0.25, -0.2) is 4.79 Å². The van der Waals surface area contributed by atoms with Crippen molar-refractivity contribution in [2.24, 2.45) is 0 Å². The van der Waals surface area contributed by atoms with Gasteiger partial charge in [0.2, 0.25) is 0 Å². The van der Waals surface area contributed by atoms with Crippen molar-refractivity contribution in [1.82, 2.24) is 5.32 Å². The smallest absolute Gasteiger partial charge is 0.335 e. The Hall–Kier alpha value is -2.14. The average molecular weight is 303 g/mol. The van der Waals surface area contributed by atoms with Gasteiger partial charge in [-0.1, -0.05) is 19.1 Å². The SMILES string of the molecule is CCc1ccc(C(=O)NCCc2cccc(C(=O)O)c2)s1. The zero-order valence-corrected chi connectivity index (χ0v) is 12.6. The molecule has 2 N–H and O–H groups in total. The van der Waals surface area contributed by atoms with Gasteiger partial charge in [0, 0.05) is 11.4 Å². The van der Waals surface area contributed by atoms with Crippen LogP contribution >= 0.6 is 11.3 Å². The maximum absolute atomic E-state index is 11.9. The summed E-state index contributed by atoms with van der Waals surface area (Å²) in [5.74, 6) is -1.01. The van der Waals surface area contributed by atoms with Crippen LogP contribution in [0.15, 0.2) is 36.4 Å². The molecule has 0 unspecified atom stereocenters. The van der Waals surface area contributed by atoms with Gasteiger partial charge in [-0.2, -0.15) is 0 Å². The van der Waals surface area contributed by atoms with Crippen LogP contribution in [0.5, 0.6) is 0 Å². The molecule has 4 nitrogen and oxygen atoms in total. The molecular weight excluding hydrogens is 286 g/mol. The van der Waals surface area contributed by atoms with Crippen LogP contribution in [0.4, 0.5) is 0 Å². The maximum atomic E-state index is 11.9. The molecule has 0 bridgehead atoms. The van der Waals surface area contributed by atoms with Crippen molar-refractivity contribution in [3.63, 3.8) is 0 Å². The number of carbonyl (C=O) groups is 2. The number of rotatable bonds is 6. The van der Waals surface area contributed by atoms with E-state index in [1.165, 1.54) is 16.2 Å². The number of aromatic carboxylic acids is 1. The van der Waals surface area contributed by atoms with E-state index in [9.17, 15) is 9.59 Å². The van der Waals surface area contributed by atoms with Crippen LogP contribution in [-0.4, -0.2) is 23.5 Å². The van der Waals surface area contributed by atoms with Gasteiger partial charge in [0.25, 0.3) is 5.91 Å². The number of benzene rings is 1. The number of carboxylic acid groups (broad SMARTS) is 1. The fourth-order valence-corrected chi connectivity index (χ4v) is 2.82. The third-order valence-electron chi connectivity index (χ3n) is 3.11. The highest BCUT2D eigenvalue weighted by Gasteiger charge is 2.08. The third-order valence-corrected chi connectivity index (χ3v) is 4.34. The molecule has 0 radical (unpaired) electrons. The Morgan fingerprint density at radius 3 is 2.71 bits per heavy atom. The third kappa shape index (κ3) is 4.16. The number of amides is 1. The molecule has 0 spiro atoms. The number of carbonyl (C=O) groups excluding carboxylic acids is 1. The van der Waals surface area contributed by atoms with Crippen LogP contribution in [-0.2, 0) is 12.8 Å². The molecule has 21 heavy (non-hydrogen) atoms. The predicted molar refractivity (Wildman–Crippen MR) is 83.1 cm³/mol. The van der Waals surface area contributed by atoms with Crippen LogP contribution in [0.2, 0.25) is 0 Å². The molecule has 1 heterocycles. The van der Waals surface area contributed by atoms with Gasteiger partial charge in [0.05, 0.1) is 10.4 Å². The van der Waals surface area contributed by atoms with Crippen molar-refractivity contribution >= 4 is 23.2 Å². The van der Waals surface area contributed by atoms with Gasteiger partial charge >= 0.3 is 5.97 Å². The standard InChI is InChI=1S/C16H17NO3S/c1-2-13-6-7-14(21-13)15(18)17-9-8-11-4-3-5-12(10-11)16(19)20/h3-7,10H,2,8-9H2,1H3,(H,17,18)(H,19,20). The summed E-state index contributed by atoms with van der Waals surface area (Å²) < 4.78 is 0. The highest BCUT2D eigenvalue weighted by atomic mass is 32.1.